The molecule has 3 nitrogen and oxygen atoms in total. The molecule has 0 spiro atoms. The van der Waals surface area contributed by atoms with E-state index in [0.29, 0.717) is 12.0 Å². The van der Waals surface area contributed by atoms with Crippen LogP contribution in [0.15, 0.2) is 30.3 Å². The molecule has 1 rings (SSSR count). The summed E-state index contributed by atoms with van der Waals surface area (Å²) in [6.07, 6.45) is 5.91. The van der Waals surface area contributed by atoms with Gasteiger partial charge in [0.05, 0.1) is 6.10 Å². The highest BCUT2D eigenvalue weighted by Gasteiger charge is 2.34. The van der Waals surface area contributed by atoms with Crippen LogP contribution in [0.5, 0.6) is 0 Å². The Balaban J connectivity index is 3.21. The Labute approximate surface area is 109 Å². The van der Waals surface area contributed by atoms with E-state index >= 15 is 0 Å². The van der Waals surface area contributed by atoms with Gasteiger partial charge in [-0.3, -0.25) is 0 Å². The lowest BCUT2D eigenvalue weighted by Gasteiger charge is -2.25. The molecule has 0 amide bonds. The molecule has 0 fully saturated rings. The van der Waals surface area contributed by atoms with E-state index in [2.05, 4.69) is 5.92 Å². The molecule has 0 saturated carbocycles. The SMILES string of the molecule is C#CC(CC)C(O)C(c1ccccc1)S(C)(=O)=O. The normalized spacial score (nSPS) is 16.6. The van der Waals surface area contributed by atoms with Crippen molar-refractivity contribution in [1.82, 2.24) is 0 Å². The van der Waals surface area contributed by atoms with Crippen LogP contribution < -0.4 is 0 Å². The van der Waals surface area contributed by atoms with Crippen LogP contribution in [0.3, 0.4) is 0 Å². The molecule has 0 aliphatic rings. The van der Waals surface area contributed by atoms with Crippen molar-refractivity contribution >= 4 is 9.84 Å². The Kier molecular flexibility index (Phi) is 4.94. The number of aliphatic hydroxyl groups is 1. The minimum atomic E-state index is -3.43. The summed E-state index contributed by atoms with van der Waals surface area (Å²) >= 11 is 0. The van der Waals surface area contributed by atoms with Crippen molar-refractivity contribution < 1.29 is 13.5 Å². The molecule has 1 aromatic rings. The van der Waals surface area contributed by atoms with Crippen molar-refractivity contribution in [2.45, 2.75) is 24.7 Å². The zero-order chi connectivity index (χ0) is 13.8. The molecule has 1 aromatic carbocycles. The fourth-order valence-electron chi connectivity index (χ4n) is 2.01. The molecule has 0 radical (unpaired) electrons. The highest BCUT2D eigenvalue weighted by atomic mass is 32.2. The van der Waals surface area contributed by atoms with Crippen LogP contribution in [-0.2, 0) is 9.84 Å². The summed E-state index contributed by atoms with van der Waals surface area (Å²) in [4.78, 5) is 0. The molecule has 18 heavy (non-hydrogen) atoms. The number of hydrogen-bond acceptors (Lipinski definition) is 3. The van der Waals surface area contributed by atoms with Crippen molar-refractivity contribution in [2.75, 3.05) is 6.26 Å². The standard InChI is InChI=1S/C14H18O3S/c1-4-11(5-2)13(15)14(18(3,16)17)12-9-7-6-8-10-12/h1,6-11,13-15H,5H2,2-3H3. The van der Waals surface area contributed by atoms with Crippen LogP contribution >= 0.6 is 0 Å². The maximum atomic E-state index is 11.9. The first kappa shape index (κ1) is 14.7. The summed E-state index contributed by atoms with van der Waals surface area (Å²) in [7, 11) is -3.43. The van der Waals surface area contributed by atoms with Gasteiger partial charge < -0.3 is 5.11 Å². The molecule has 3 atom stereocenters. The first-order chi connectivity index (χ1) is 8.41. The summed E-state index contributed by atoms with van der Waals surface area (Å²) in [6, 6.07) is 8.68. The first-order valence-electron chi connectivity index (χ1n) is 5.79. The predicted octanol–water partition coefficient (Wildman–Crippen LogP) is 1.79. The van der Waals surface area contributed by atoms with E-state index in [1.54, 1.807) is 30.3 Å². The van der Waals surface area contributed by atoms with E-state index in [4.69, 9.17) is 6.42 Å². The van der Waals surface area contributed by atoms with Crippen LogP contribution in [0.1, 0.15) is 24.2 Å². The van der Waals surface area contributed by atoms with Gasteiger partial charge in [-0.2, -0.15) is 0 Å². The van der Waals surface area contributed by atoms with Crippen LogP contribution in [0.4, 0.5) is 0 Å². The molecular weight excluding hydrogens is 248 g/mol. The zero-order valence-corrected chi connectivity index (χ0v) is 11.4. The van der Waals surface area contributed by atoms with Gasteiger partial charge in [0.25, 0.3) is 0 Å². The molecule has 0 aliphatic heterocycles. The van der Waals surface area contributed by atoms with Gasteiger partial charge in [0.15, 0.2) is 9.84 Å². The van der Waals surface area contributed by atoms with Gasteiger partial charge >= 0.3 is 0 Å². The topological polar surface area (TPSA) is 54.4 Å². The number of benzene rings is 1. The van der Waals surface area contributed by atoms with Crippen LogP contribution in [-0.4, -0.2) is 25.9 Å². The highest BCUT2D eigenvalue weighted by Crippen LogP contribution is 2.30. The van der Waals surface area contributed by atoms with Gasteiger partial charge in [0.2, 0.25) is 0 Å². The maximum absolute atomic E-state index is 11.9. The number of sulfone groups is 1. The Morgan fingerprint density at radius 2 is 1.89 bits per heavy atom. The molecule has 0 heterocycles. The molecule has 0 saturated heterocycles. The van der Waals surface area contributed by atoms with Crippen molar-refractivity contribution in [1.29, 1.82) is 0 Å². The third-order valence-electron chi connectivity index (χ3n) is 2.97. The summed E-state index contributed by atoms with van der Waals surface area (Å²) in [5, 5.41) is 9.26. The van der Waals surface area contributed by atoms with Crippen molar-refractivity contribution in [2.24, 2.45) is 5.92 Å². The highest BCUT2D eigenvalue weighted by molar-refractivity contribution is 7.91. The number of aliphatic hydroxyl groups excluding tert-OH is 1. The number of rotatable bonds is 5. The molecular formula is C14H18O3S. The van der Waals surface area contributed by atoms with E-state index < -0.39 is 27.1 Å². The third-order valence-corrected chi connectivity index (χ3v) is 4.44. The average molecular weight is 266 g/mol. The molecule has 4 heteroatoms. The van der Waals surface area contributed by atoms with Crippen molar-refractivity contribution in [3.8, 4) is 12.3 Å². The second-order valence-electron chi connectivity index (χ2n) is 4.33. The van der Waals surface area contributed by atoms with Gasteiger partial charge in [-0.1, -0.05) is 37.3 Å². The molecule has 1 N–H and O–H groups in total. The molecule has 0 aromatic heterocycles. The molecule has 98 valence electrons. The van der Waals surface area contributed by atoms with Crippen LogP contribution in [0.2, 0.25) is 0 Å². The Hall–Kier alpha value is -1.31. The monoisotopic (exact) mass is 266 g/mol. The summed E-state index contributed by atoms with van der Waals surface area (Å²) < 4.78 is 23.8. The van der Waals surface area contributed by atoms with Gasteiger partial charge in [-0.25, -0.2) is 8.42 Å². The van der Waals surface area contributed by atoms with E-state index in [-0.39, 0.29) is 0 Å². The van der Waals surface area contributed by atoms with E-state index in [9.17, 15) is 13.5 Å². The molecule has 0 aliphatic carbocycles. The van der Waals surface area contributed by atoms with E-state index in [0.717, 1.165) is 6.26 Å². The van der Waals surface area contributed by atoms with Crippen molar-refractivity contribution in [3.05, 3.63) is 35.9 Å². The second kappa shape index (κ2) is 6.03. The quantitative estimate of drug-likeness (QED) is 0.827. The lowest BCUT2D eigenvalue weighted by atomic mass is 9.94. The fourth-order valence-corrected chi connectivity index (χ4v) is 3.36. The summed E-state index contributed by atoms with van der Waals surface area (Å²) in [5.41, 5.74) is 0.571. The molecule has 0 bridgehead atoms. The lowest BCUT2D eigenvalue weighted by molar-refractivity contribution is 0.126. The Morgan fingerprint density at radius 1 is 1.33 bits per heavy atom. The predicted molar refractivity (Wildman–Crippen MR) is 72.6 cm³/mol. The van der Waals surface area contributed by atoms with Gasteiger partial charge in [0.1, 0.15) is 5.25 Å². The Morgan fingerprint density at radius 3 is 2.28 bits per heavy atom. The van der Waals surface area contributed by atoms with E-state index in [1.807, 2.05) is 6.92 Å². The molecule has 3 unspecified atom stereocenters. The summed E-state index contributed by atoms with van der Waals surface area (Å²) in [5.74, 6) is 1.99. The van der Waals surface area contributed by atoms with Gasteiger partial charge in [-0.05, 0) is 12.0 Å². The van der Waals surface area contributed by atoms with Gasteiger partial charge in [-0.15, -0.1) is 12.3 Å². The number of terminal acetylenes is 1. The Bertz CT molecular complexity index is 514. The minimum absolute atomic E-state index is 0.468. The first-order valence-corrected chi connectivity index (χ1v) is 7.75. The maximum Gasteiger partial charge on any atom is 0.157 e. The minimum Gasteiger partial charge on any atom is -0.390 e. The van der Waals surface area contributed by atoms with Crippen LogP contribution in [0, 0.1) is 18.3 Å². The van der Waals surface area contributed by atoms with Gasteiger partial charge in [0, 0.05) is 12.2 Å². The summed E-state index contributed by atoms with van der Waals surface area (Å²) in [6.45, 7) is 1.83. The van der Waals surface area contributed by atoms with E-state index in [1.165, 1.54) is 0 Å². The fraction of sp³-hybridized carbons (Fsp3) is 0.429. The number of hydrogen-bond donors (Lipinski definition) is 1. The van der Waals surface area contributed by atoms with Crippen LogP contribution in [0.25, 0.3) is 0 Å². The van der Waals surface area contributed by atoms with Crippen molar-refractivity contribution in [3.63, 3.8) is 0 Å². The lowest BCUT2D eigenvalue weighted by Crippen LogP contribution is -2.31. The second-order valence-corrected chi connectivity index (χ2v) is 6.50. The smallest absolute Gasteiger partial charge is 0.157 e. The largest absolute Gasteiger partial charge is 0.390 e. The third kappa shape index (κ3) is 3.34. The zero-order valence-electron chi connectivity index (χ0n) is 10.6. The average Bonchev–Trinajstić information content (AvgIpc) is 2.30.